The lowest BCUT2D eigenvalue weighted by Crippen LogP contribution is -2.09. The van der Waals surface area contributed by atoms with Crippen molar-refractivity contribution in [3.8, 4) is 0 Å². The molecule has 0 aliphatic carbocycles. The van der Waals surface area contributed by atoms with Crippen molar-refractivity contribution in [3.63, 3.8) is 0 Å². The molecule has 1 unspecified atom stereocenters. The van der Waals surface area contributed by atoms with Crippen LogP contribution in [0.25, 0.3) is 11.0 Å². The van der Waals surface area contributed by atoms with E-state index in [2.05, 4.69) is 30.6 Å². The number of aromatic nitrogens is 6. The molecule has 3 rings (SSSR count). The Morgan fingerprint density at radius 3 is 2.85 bits per heavy atom. The molecule has 0 radical (unpaired) electrons. The molecule has 0 saturated carbocycles. The average Bonchev–Trinajstić information content (AvgIpc) is 2.97. The van der Waals surface area contributed by atoms with Crippen LogP contribution < -0.4 is 11.1 Å². The molecule has 8 nitrogen and oxygen atoms in total. The van der Waals surface area contributed by atoms with E-state index in [0.29, 0.717) is 11.0 Å². The number of nitrogen functional groups attached to an aromatic ring is 1. The van der Waals surface area contributed by atoms with Crippen molar-refractivity contribution in [3.05, 3.63) is 17.0 Å². The molecule has 104 valence electrons. The molecule has 0 amide bonds. The van der Waals surface area contributed by atoms with Crippen molar-refractivity contribution in [2.45, 2.75) is 19.9 Å². The minimum absolute atomic E-state index is 0.0393. The van der Waals surface area contributed by atoms with Gasteiger partial charge in [0.15, 0.2) is 5.65 Å². The molecule has 3 aromatic heterocycles. The molecule has 3 N–H and O–H groups in total. The van der Waals surface area contributed by atoms with Gasteiger partial charge in [-0.3, -0.25) is 4.68 Å². The molecule has 0 saturated heterocycles. The first-order valence-corrected chi connectivity index (χ1v) is 6.88. The zero-order valence-electron chi connectivity index (χ0n) is 11.3. The molecule has 0 aliphatic heterocycles. The van der Waals surface area contributed by atoms with Crippen LogP contribution >= 0.6 is 11.3 Å². The van der Waals surface area contributed by atoms with E-state index in [-0.39, 0.29) is 6.04 Å². The van der Waals surface area contributed by atoms with Gasteiger partial charge in [-0.1, -0.05) is 11.3 Å². The average molecular weight is 290 g/mol. The van der Waals surface area contributed by atoms with Crippen molar-refractivity contribution in [2.24, 2.45) is 7.05 Å². The Morgan fingerprint density at radius 2 is 2.15 bits per heavy atom. The lowest BCUT2D eigenvalue weighted by molar-refractivity contribution is 0.782. The van der Waals surface area contributed by atoms with Gasteiger partial charge in [0.05, 0.1) is 17.6 Å². The van der Waals surface area contributed by atoms with E-state index in [1.165, 1.54) is 11.3 Å². The normalized spacial score (nSPS) is 12.8. The summed E-state index contributed by atoms with van der Waals surface area (Å²) < 4.78 is 1.72. The third-order valence-electron chi connectivity index (χ3n) is 2.88. The summed E-state index contributed by atoms with van der Waals surface area (Å²) in [6.45, 7) is 3.84. The van der Waals surface area contributed by atoms with E-state index in [1.807, 2.05) is 20.9 Å². The quantitative estimate of drug-likeness (QED) is 0.748. The van der Waals surface area contributed by atoms with E-state index in [0.717, 1.165) is 21.9 Å². The van der Waals surface area contributed by atoms with Crippen molar-refractivity contribution in [1.82, 2.24) is 29.9 Å². The second-order valence-electron chi connectivity index (χ2n) is 4.47. The van der Waals surface area contributed by atoms with Crippen LogP contribution in [-0.4, -0.2) is 29.9 Å². The van der Waals surface area contributed by atoms with Crippen LogP contribution in [0.2, 0.25) is 0 Å². The van der Waals surface area contributed by atoms with E-state index in [1.54, 1.807) is 10.9 Å². The molecular weight excluding hydrogens is 276 g/mol. The van der Waals surface area contributed by atoms with Crippen LogP contribution in [0.4, 0.5) is 10.9 Å². The minimum Gasteiger partial charge on any atom is -0.374 e. The number of fused-ring (bicyclic) bond motifs is 1. The zero-order chi connectivity index (χ0) is 14.3. The Morgan fingerprint density at radius 1 is 1.35 bits per heavy atom. The third-order valence-corrected chi connectivity index (χ3v) is 3.82. The van der Waals surface area contributed by atoms with Gasteiger partial charge in [-0.25, -0.2) is 9.97 Å². The first kappa shape index (κ1) is 12.7. The van der Waals surface area contributed by atoms with Gasteiger partial charge < -0.3 is 11.1 Å². The number of nitrogens with two attached hydrogens (primary N) is 1. The zero-order valence-corrected chi connectivity index (χ0v) is 12.1. The minimum atomic E-state index is -0.0393. The van der Waals surface area contributed by atoms with Gasteiger partial charge in [-0.15, -0.1) is 10.2 Å². The topological polar surface area (TPSA) is 107 Å². The molecule has 0 spiro atoms. The summed E-state index contributed by atoms with van der Waals surface area (Å²) in [7, 11) is 1.85. The van der Waals surface area contributed by atoms with E-state index in [9.17, 15) is 0 Å². The SMILES string of the molecule is Cc1nc(NC(C)c2nnc(N)s2)c2cnn(C)c2n1. The lowest BCUT2D eigenvalue weighted by atomic mass is 10.3. The molecular formula is C11H14N8S. The van der Waals surface area contributed by atoms with Crippen molar-refractivity contribution >= 4 is 33.3 Å². The molecule has 0 fully saturated rings. The number of anilines is 2. The van der Waals surface area contributed by atoms with Crippen LogP contribution in [0.15, 0.2) is 6.20 Å². The maximum absolute atomic E-state index is 5.61. The van der Waals surface area contributed by atoms with Crippen molar-refractivity contribution < 1.29 is 0 Å². The highest BCUT2D eigenvalue weighted by Gasteiger charge is 2.15. The van der Waals surface area contributed by atoms with Crippen LogP contribution in [0.5, 0.6) is 0 Å². The van der Waals surface area contributed by atoms with Crippen LogP contribution in [0.1, 0.15) is 23.8 Å². The molecule has 9 heteroatoms. The monoisotopic (exact) mass is 290 g/mol. The third kappa shape index (κ3) is 2.16. The summed E-state index contributed by atoms with van der Waals surface area (Å²) in [6, 6.07) is -0.0393. The summed E-state index contributed by atoms with van der Waals surface area (Å²) in [5, 5.41) is 17.5. The van der Waals surface area contributed by atoms with Crippen molar-refractivity contribution in [1.29, 1.82) is 0 Å². The number of hydrogen-bond donors (Lipinski definition) is 2. The summed E-state index contributed by atoms with van der Waals surface area (Å²) in [4.78, 5) is 8.82. The lowest BCUT2D eigenvalue weighted by Gasteiger charge is -2.12. The van der Waals surface area contributed by atoms with Gasteiger partial charge in [-0.05, 0) is 13.8 Å². The maximum Gasteiger partial charge on any atom is 0.203 e. The molecule has 3 heterocycles. The fraction of sp³-hybridized carbons (Fsp3) is 0.364. The van der Waals surface area contributed by atoms with Gasteiger partial charge in [0, 0.05) is 7.05 Å². The number of hydrogen-bond acceptors (Lipinski definition) is 8. The Labute approximate surface area is 119 Å². The van der Waals surface area contributed by atoms with Gasteiger partial charge >= 0.3 is 0 Å². The first-order valence-electron chi connectivity index (χ1n) is 6.06. The maximum atomic E-state index is 5.61. The van der Waals surface area contributed by atoms with Crippen LogP contribution in [0.3, 0.4) is 0 Å². The smallest absolute Gasteiger partial charge is 0.203 e. The van der Waals surface area contributed by atoms with Gasteiger partial charge in [0.1, 0.15) is 16.6 Å². The van der Waals surface area contributed by atoms with Gasteiger partial charge in [0.2, 0.25) is 5.13 Å². The van der Waals surface area contributed by atoms with E-state index in [4.69, 9.17) is 5.73 Å². The standard InChI is InChI=1S/C11H14N8S/c1-5(10-17-18-11(12)20-10)14-8-7-4-13-19(3)9(7)16-6(2)15-8/h4-5H,1-3H3,(H2,12,18)(H,14,15,16). The predicted molar refractivity (Wildman–Crippen MR) is 77.4 cm³/mol. The van der Waals surface area contributed by atoms with Gasteiger partial charge in [-0.2, -0.15) is 5.10 Å². The molecule has 1 atom stereocenters. The molecule has 20 heavy (non-hydrogen) atoms. The second kappa shape index (κ2) is 4.67. The highest BCUT2D eigenvalue weighted by Crippen LogP contribution is 2.26. The molecule has 0 bridgehead atoms. The second-order valence-corrected chi connectivity index (χ2v) is 5.51. The molecule has 0 aliphatic rings. The number of rotatable bonds is 3. The predicted octanol–water partition coefficient (Wildman–Crippen LogP) is 1.28. The summed E-state index contributed by atoms with van der Waals surface area (Å²) >= 11 is 1.36. The highest BCUT2D eigenvalue weighted by molar-refractivity contribution is 7.15. The summed E-state index contributed by atoms with van der Waals surface area (Å²) in [5.74, 6) is 1.43. The Balaban J connectivity index is 1.98. The fourth-order valence-electron chi connectivity index (χ4n) is 1.93. The largest absolute Gasteiger partial charge is 0.374 e. The number of aryl methyl sites for hydroxylation is 2. The Bertz CT molecular complexity index is 761. The van der Waals surface area contributed by atoms with Crippen LogP contribution in [0, 0.1) is 6.92 Å². The molecule has 0 aromatic carbocycles. The van der Waals surface area contributed by atoms with Gasteiger partial charge in [0.25, 0.3) is 0 Å². The van der Waals surface area contributed by atoms with Crippen LogP contribution in [-0.2, 0) is 7.05 Å². The highest BCUT2D eigenvalue weighted by atomic mass is 32.1. The Kier molecular flexibility index (Phi) is 2.97. The van der Waals surface area contributed by atoms with E-state index < -0.39 is 0 Å². The fourth-order valence-corrected chi connectivity index (χ4v) is 2.54. The number of nitrogens with one attached hydrogen (secondary N) is 1. The summed E-state index contributed by atoms with van der Waals surface area (Å²) in [6.07, 6.45) is 1.75. The van der Waals surface area contributed by atoms with E-state index >= 15 is 0 Å². The van der Waals surface area contributed by atoms with Crippen molar-refractivity contribution in [2.75, 3.05) is 11.1 Å². The summed E-state index contributed by atoms with van der Waals surface area (Å²) in [5.41, 5.74) is 6.40. The number of nitrogens with zero attached hydrogens (tertiary/aromatic N) is 6. The molecule has 3 aromatic rings. The Hall–Kier alpha value is -2.29. The first-order chi connectivity index (χ1) is 9.54.